The summed E-state index contributed by atoms with van der Waals surface area (Å²) >= 11 is 0. The van der Waals surface area contributed by atoms with E-state index in [4.69, 9.17) is 0 Å². The van der Waals surface area contributed by atoms with Gasteiger partial charge >= 0.3 is 0 Å². The Morgan fingerprint density at radius 3 is 2.27 bits per heavy atom. The molecule has 4 heteroatoms. The molecule has 1 aromatic rings. The van der Waals surface area contributed by atoms with E-state index >= 15 is 0 Å². The van der Waals surface area contributed by atoms with E-state index in [0.717, 1.165) is 31.3 Å². The molecule has 2 aliphatic heterocycles. The first-order valence-electron chi connectivity index (χ1n) is 12.1. The first kappa shape index (κ1) is 20.8. The van der Waals surface area contributed by atoms with Gasteiger partial charge in [0, 0.05) is 19.6 Å². The number of hydrogen-bond donors (Lipinski definition) is 1. The van der Waals surface area contributed by atoms with E-state index in [1.807, 2.05) is 0 Å². The summed E-state index contributed by atoms with van der Waals surface area (Å²) in [5, 5.41) is 3.56. The topological polar surface area (TPSA) is 32.3 Å². The van der Waals surface area contributed by atoms with Crippen molar-refractivity contribution in [2.75, 3.05) is 26.2 Å². The van der Waals surface area contributed by atoms with Crippen LogP contribution in [-0.2, 0) is 10.2 Å². The monoisotopic (exact) mass is 428 g/mol. The van der Waals surface area contributed by atoms with Crippen LogP contribution < -0.4 is 5.32 Å². The SMILES string of the molecule is Cc1ccc(C23CC4CC(CC(C(=O)N5CCC6(CCNC6)CC5)(C4)C2)C3)cc1.Cl. The fourth-order valence-electron chi connectivity index (χ4n) is 8.50. The first-order chi connectivity index (χ1) is 14.0. The van der Waals surface area contributed by atoms with E-state index in [2.05, 4.69) is 41.4 Å². The van der Waals surface area contributed by atoms with Crippen molar-refractivity contribution in [3.63, 3.8) is 0 Å². The van der Waals surface area contributed by atoms with Crippen LogP contribution in [0.25, 0.3) is 0 Å². The van der Waals surface area contributed by atoms with E-state index in [1.165, 1.54) is 75.6 Å². The molecule has 6 fully saturated rings. The second-order valence-corrected chi connectivity index (χ2v) is 11.6. The molecule has 2 heterocycles. The van der Waals surface area contributed by atoms with Crippen LogP contribution in [-0.4, -0.2) is 37.0 Å². The Hall–Kier alpha value is -1.06. The van der Waals surface area contributed by atoms with Gasteiger partial charge in [-0.25, -0.2) is 0 Å². The van der Waals surface area contributed by atoms with Crippen molar-refractivity contribution in [3.8, 4) is 0 Å². The summed E-state index contributed by atoms with van der Waals surface area (Å²) in [4.78, 5) is 16.3. The molecule has 4 bridgehead atoms. The molecule has 1 amide bonds. The molecule has 2 unspecified atom stereocenters. The van der Waals surface area contributed by atoms with Gasteiger partial charge in [-0.1, -0.05) is 29.8 Å². The molecule has 2 atom stereocenters. The Bertz CT molecular complexity index is 789. The highest BCUT2D eigenvalue weighted by Crippen LogP contribution is 2.66. The lowest BCUT2D eigenvalue weighted by atomic mass is 9.42. The number of amides is 1. The number of hydrogen-bond acceptors (Lipinski definition) is 2. The average molecular weight is 429 g/mol. The van der Waals surface area contributed by atoms with E-state index in [1.54, 1.807) is 0 Å². The standard InChI is InChI=1S/C26H36N2O.ClH/c1-19-2-4-22(5-3-19)25-13-20-12-21(14-25)16-26(15-20,17-25)23(29)28-10-7-24(8-11-28)6-9-27-18-24;/h2-5,20-21,27H,6-18H2,1H3;1H. The summed E-state index contributed by atoms with van der Waals surface area (Å²) in [7, 11) is 0. The maximum atomic E-state index is 14.0. The van der Waals surface area contributed by atoms with Crippen molar-refractivity contribution in [3.05, 3.63) is 35.4 Å². The lowest BCUT2D eigenvalue weighted by Crippen LogP contribution is -2.60. The minimum Gasteiger partial charge on any atom is -0.342 e. The number of aryl methyl sites for hydroxylation is 1. The maximum Gasteiger partial charge on any atom is 0.228 e. The second kappa shape index (κ2) is 7.24. The molecule has 3 nitrogen and oxygen atoms in total. The number of benzene rings is 1. The van der Waals surface area contributed by atoms with Crippen molar-refractivity contribution in [2.24, 2.45) is 22.7 Å². The number of halogens is 1. The zero-order valence-electron chi connectivity index (χ0n) is 18.4. The van der Waals surface area contributed by atoms with Gasteiger partial charge in [0.25, 0.3) is 0 Å². The number of rotatable bonds is 2. The summed E-state index contributed by atoms with van der Waals surface area (Å²) in [5.74, 6) is 2.05. The molecule has 7 rings (SSSR count). The highest BCUT2D eigenvalue weighted by Gasteiger charge is 2.61. The Morgan fingerprint density at radius 2 is 1.67 bits per heavy atom. The number of likely N-dealkylation sites (tertiary alicyclic amines) is 1. The molecule has 1 N–H and O–H groups in total. The van der Waals surface area contributed by atoms with Gasteiger partial charge in [-0.3, -0.25) is 4.79 Å². The largest absolute Gasteiger partial charge is 0.342 e. The lowest BCUT2D eigenvalue weighted by molar-refractivity contribution is -0.162. The minimum absolute atomic E-state index is 0. The lowest BCUT2D eigenvalue weighted by Gasteiger charge is -2.62. The normalized spacial score (nSPS) is 38.6. The van der Waals surface area contributed by atoms with E-state index in [0.29, 0.717) is 11.3 Å². The van der Waals surface area contributed by atoms with Gasteiger partial charge in [0.2, 0.25) is 5.91 Å². The van der Waals surface area contributed by atoms with Gasteiger partial charge in [0.1, 0.15) is 0 Å². The summed E-state index contributed by atoms with van der Waals surface area (Å²) in [6.45, 7) is 6.50. The first-order valence-corrected chi connectivity index (χ1v) is 12.1. The third-order valence-corrected chi connectivity index (χ3v) is 9.62. The smallest absolute Gasteiger partial charge is 0.228 e. The highest BCUT2D eigenvalue weighted by molar-refractivity contribution is 5.85. The highest BCUT2D eigenvalue weighted by atomic mass is 35.5. The molecule has 0 radical (unpaired) electrons. The zero-order chi connectivity index (χ0) is 19.7. The van der Waals surface area contributed by atoms with E-state index < -0.39 is 0 Å². The number of carbonyl (C=O) groups excluding carboxylic acids is 1. The van der Waals surface area contributed by atoms with Crippen LogP contribution >= 0.6 is 12.4 Å². The quantitative estimate of drug-likeness (QED) is 0.729. The molecule has 4 aliphatic carbocycles. The minimum atomic E-state index is -0.0621. The third kappa shape index (κ3) is 3.14. The summed E-state index contributed by atoms with van der Waals surface area (Å²) < 4.78 is 0. The fraction of sp³-hybridized carbons (Fsp3) is 0.731. The number of carbonyl (C=O) groups is 1. The molecule has 0 aromatic heterocycles. The fourth-order valence-corrected chi connectivity index (χ4v) is 8.50. The number of piperidine rings is 1. The van der Waals surface area contributed by atoms with Gasteiger partial charge in [0.05, 0.1) is 5.41 Å². The third-order valence-electron chi connectivity index (χ3n) is 9.62. The van der Waals surface area contributed by atoms with Gasteiger partial charge < -0.3 is 10.2 Å². The molecule has 1 spiro atoms. The molecule has 30 heavy (non-hydrogen) atoms. The van der Waals surface area contributed by atoms with Crippen molar-refractivity contribution in [1.29, 1.82) is 0 Å². The van der Waals surface area contributed by atoms with Gasteiger partial charge in [-0.15, -0.1) is 12.4 Å². The van der Waals surface area contributed by atoms with Crippen molar-refractivity contribution < 1.29 is 4.79 Å². The molecule has 164 valence electrons. The van der Waals surface area contributed by atoms with Crippen LogP contribution in [0, 0.1) is 29.6 Å². The van der Waals surface area contributed by atoms with Crippen LogP contribution in [0.2, 0.25) is 0 Å². The molecule has 1 aromatic carbocycles. The van der Waals surface area contributed by atoms with Crippen molar-refractivity contribution in [2.45, 2.75) is 70.1 Å². The molecular formula is C26H37ClN2O. The summed E-state index contributed by atoms with van der Waals surface area (Å²) in [6.07, 6.45) is 11.2. The number of nitrogens with zero attached hydrogens (tertiary/aromatic N) is 1. The second-order valence-electron chi connectivity index (χ2n) is 11.6. The van der Waals surface area contributed by atoms with Crippen LogP contribution in [0.15, 0.2) is 24.3 Å². The van der Waals surface area contributed by atoms with Crippen LogP contribution in [0.3, 0.4) is 0 Å². The molecular weight excluding hydrogens is 392 g/mol. The average Bonchev–Trinajstić information content (AvgIpc) is 3.15. The van der Waals surface area contributed by atoms with Crippen molar-refractivity contribution >= 4 is 18.3 Å². The Morgan fingerprint density at radius 1 is 1.00 bits per heavy atom. The summed E-state index contributed by atoms with van der Waals surface area (Å²) in [5.41, 5.74) is 3.55. The van der Waals surface area contributed by atoms with Crippen LogP contribution in [0.1, 0.15) is 68.9 Å². The zero-order valence-corrected chi connectivity index (χ0v) is 19.2. The predicted molar refractivity (Wildman–Crippen MR) is 123 cm³/mol. The van der Waals surface area contributed by atoms with Gasteiger partial charge in [0.15, 0.2) is 0 Å². The van der Waals surface area contributed by atoms with Gasteiger partial charge in [-0.2, -0.15) is 0 Å². The number of nitrogens with one attached hydrogen (secondary N) is 1. The predicted octanol–water partition coefficient (Wildman–Crippen LogP) is 4.86. The maximum absolute atomic E-state index is 14.0. The van der Waals surface area contributed by atoms with Crippen LogP contribution in [0.5, 0.6) is 0 Å². The van der Waals surface area contributed by atoms with E-state index in [-0.39, 0.29) is 23.2 Å². The van der Waals surface area contributed by atoms with Crippen LogP contribution in [0.4, 0.5) is 0 Å². The van der Waals surface area contributed by atoms with Crippen molar-refractivity contribution in [1.82, 2.24) is 10.2 Å². The van der Waals surface area contributed by atoms with Gasteiger partial charge in [-0.05, 0) is 99.5 Å². The summed E-state index contributed by atoms with van der Waals surface area (Å²) in [6, 6.07) is 9.31. The molecule has 6 aliphatic rings. The molecule has 2 saturated heterocycles. The Kier molecular flexibility index (Phi) is 5.02. The Balaban J connectivity index is 0.00000193. The Labute approximate surface area is 187 Å². The van der Waals surface area contributed by atoms with E-state index in [9.17, 15) is 4.79 Å². The molecule has 4 saturated carbocycles.